The van der Waals surface area contributed by atoms with Gasteiger partial charge in [-0.05, 0) is 29.8 Å². The van der Waals surface area contributed by atoms with Gasteiger partial charge in [0, 0.05) is 0 Å². The summed E-state index contributed by atoms with van der Waals surface area (Å²) < 4.78 is 1.12. The number of aromatic nitrogens is 2. The number of nitrogens with one attached hydrogen (secondary N) is 1. The largest absolute Gasteiger partial charge is 0.508 e. The second-order valence-electron chi connectivity index (χ2n) is 5.63. The monoisotopic (exact) mass is 353 g/mol. The van der Waals surface area contributed by atoms with Crippen molar-refractivity contribution in [2.75, 3.05) is 0 Å². The minimum Gasteiger partial charge on any atom is -0.508 e. The third kappa shape index (κ3) is 3.54. The third-order valence-corrected chi connectivity index (χ3v) is 3.82. The molecule has 1 amide bonds. The Morgan fingerprint density at radius 2 is 1.81 bits per heavy atom. The highest BCUT2D eigenvalue weighted by molar-refractivity contribution is 5.84. The molecule has 26 heavy (non-hydrogen) atoms. The standard InChI is InChI=1S/C18H15N3O5/c22-12-7-5-11(6-8-12)16(18(25)26)20-15(23)9-21-10-19-14-4-2-1-3-13(14)17(21)24/h1-8,10,16,22H,9H2,(H,20,23)(H,25,26)/t16-/m0/s1. The molecule has 0 saturated carbocycles. The van der Waals surface area contributed by atoms with Crippen molar-refractivity contribution in [1.29, 1.82) is 0 Å². The summed E-state index contributed by atoms with van der Waals surface area (Å²) in [6.45, 7) is -0.363. The Bertz CT molecular complexity index is 1030. The van der Waals surface area contributed by atoms with E-state index < -0.39 is 17.9 Å². The number of carbonyl (C=O) groups is 2. The third-order valence-electron chi connectivity index (χ3n) is 3.82. The molecule has 8 nitrogen and oxygen atoms in total. The summed E-state index contributed by atoms with van der Waals surface area (Å²) in [5.41, 5.74) is 0.427. The van der Waals surface area contributed by atoms with Gasteiger partial charge in [-0.15, -0.1) is 0 Å². The molecule has 0 radical (unpaired) electrons. The minimum atomic E-state index is -1.30. The van der Waals surface area contributed by atoms with Crippen molar-refractivity contribution in [3.8, 4) is 5.75 Å². The summed E-state index contributed by atoms with van der Waals surface area (Å²) in [7, 11) is 0. The van der Waals surface area contributed by atoms with Gasteiger partial charge in [-0.3, -0.25) is 14.2 Å². The summed E-state index contributed by atoms with van der Waals surface area (Å²) in [6.07, 6.45) is 1.25. The fourth-order valence-electron chi connectivity index (χ4n) is 2.53. The first-order valence-corrected chi connectivity index (χ1v) is 7.71. The Balaban J connectivity index is 1.81. The Kier molecular flexibility index (Phi) is 4.66. The molecule has 0 bridgehead atoms. The highest BCUT2D eigenvalue weighted by atomic mass is 16.4. The number of hydrogen-bond donors (Lipinski definition) is 3. The van der Waals surface area contributed by atoms with Crippen molar-refractivity contribution in [2.24, 2.45) is 0 Å². The summed E-state index contributed by atoms with van der Waals surface area (Å²) >= 11 is 0. The SMILES string of the molecule is O=C(Cn1cnc2ccccc2c1=O)N[C@H](C(=O)O)c1ccc(O)cc1. The molecule has 1 atom stereocenters. The van der Waals surface area contributed by atoms with Gasteiger partial charge in [0.05, 0.1) is 17.2 Å². The lowest BCUT2D eigenvalue weighted by Crippen LogP contribution is -2.37. The van der Waals surface area contributed by atoms with Crippen molar-refractivity contribution in [3.63, 3.8) is 0 Å². The van der Waals surface area contributed by atoms with Gasteiger partial charge in [-0.2, -0.15) is 0 Å². The van der Waals surface area contributed by atoms with Crippen LogP contribution in [0.2, 0.25) is 0 Å². The summed E-state index contributed by atoms with van der Waals surface area (Å²) in [6, 6.07) is 10.9. The van der Waals surface area contributed by atoms with Gasteiger partial charge in [0.25, 0.3) is 5.56 Å². The molecular formula is C18H15N3O5. The van der Waals surface area contributed by atoms with E-state index in [0.717, 1.165) is 4.57 Å². The van der Waals surface area contributed by atoms with Crippen LogP contribution >= 0.6 is 0 Å². The summed E-state index contributed by atoms with van der Waals surface area (Å²) in [5.74, 6) is -1.92. The van der Waals surface area contributed by atoms with E-state index in [1.54, 1.807) is 24.3 Å². The fraction of sp³-hybridized carbons (Fsp3) is 0.111. The van der Waals surface area contributed by atoms with Crippen molar-refractivity contribution in [3.05, 3.63) is 70.8 Å². The Morgan fingerprint density at radius 1 is 1.12 bits per heavy atom. The number of nitrogens with zero attached hydrogens (tertiary/aromatic N) is 2. The van der Waals surface area contributed by atoms with E-state index in [1.807, 2.05) is 0 Å². The van der Waals surface area contributed by atoms with Gasteiger partial charge in [0.15, 0.2) is 6.04 Å². The van der Waals surface area contributed by atoms with Gasteiger partial charge >= 0.3 is 5.97 Å². The zero-order valence-corrected chi connectivity index (χ0v) is 13.5. The molecule has 2 aromatic carbocycles. The van der Waals surface area contributed by atoms with Crippen LogP contribution in [0, 0.1) is 0 Å². The molecule has 3 aromatic rings. The van der Waals surface area contributed by atoms with Crippen LogP contribution in [-0.2, 0) is 16.1 Å². The molecule has 0 aliphatic heterocycles. The number of hydrogen-bond acceptors (Lipinski definition) is 5. The van der Waals surface area contributed by atoms with Crippen LogP contribution in [0.3, 0.4) is 0 Å². The molecule has 0 unspecified atom stereocenters. The second kappa shape index (κ2) is 7.06. The molecule has 3 rings (SSSR count). The smallest absolute Gasteiger partial charge is 0.330 e. The minimum absolute atomic E-state index is 0.0157. The number of rotatable bonds is 5. The van der Waals surface area contributed by atoms with Gasteiger partial charge in [-0.1, -0.05) is 24.3 Å². The lowest BCUT2D eigenvalue weighted by Gasteiger charge is -2.15. The zero-order valence-electron chi connectivity index (χ0n) is 13.5. The number of carboxylic acids is 1. The average Bonchev–Trinajstić information content (AvgIpc) is 2.63. The number of amides is 1. The molecular weight excluding hydrogens is 338 g/mol. The zero-order chi connectivity index (χ0) is 18.7. The molecule has 8 heteroatoms. The molecule has 0 aliphatic carbocycles. The summed E-state index contributed by atoms with van der Waals surface area (Å²) in [5, 5.41) is 21.4. The molecule has 1 aromatic heterocycles. The first-order valence-electron chi connectivity index (χ1n) is 7.71. The normalized spacial score (nSPS) is 11.8. The van der Waals surface area contributed by atoms with Crippen LogP contribution in [0.5, 0.6) is 5.75 Å². The van der Waals surface area contributed by atoms with Crippen LogP contribution in [0.15, 0.2) is 59.7 Å². The molecule has 0 fully saturated rings. The highest BCUT2D eigenvalue weighted by Crippen LogP contribution is 2.17. The molecule has 3 N–H and O–H groups in total. The van der Waals surface area contributed by atoms with E-state index in [9.17, 15) is 24.6 Å². The topological polar surface area (TPSA) is 122 Å². The maximum absolute atomic E-state index is 12.4. The van der Waals surface area contributed by atoms with E-state index in [1.165, 1.54) is 30.6 Å². The lowest BCUT2D eigenvalue weighted by molar-refractivity contribution is -0.142. The number of fused-ring (bicyclic) bond motifs is 1. The number of phenolic OH excluding ortho intramolecular Hbond substituents is 1. The predicted molar refractivity (Wildman–Crippen MR) is 92.6 cm³/mol. The lowest BCUT2D eigenvalue weighted by atomic mass is 10.1. The quantitative estimate of drug-likeness (QED) is 0.630. The summed E-state index contributed by atoms with van der Waals surface area (Å²) in [4.78, 5) is 40.2. The van der Waals surface area contributed by atoms with Gasteiger partial charge in [0.2, 0.25) is 5.91 Å². The molecule has 1 heterocycles. The number of phenols is 1. The maximum Gasteiger partial charge on any atom is 0.330 e. The Labute approximate surface area is 147 Å². The Morgan fingerprint density at radius 3 is 2.50 bits per heavy atom. The number of carbonyl (C=O) groups excluding carboxylic acids is 1. The number of aliphatic carboxylic acids is 1. The van der Waals surface area contributed by atoms with E-state index in [2.05, 4.69) is 10.3 Å². The highest BCUT2D eigenvalue weighted by Gasteiger charge is 2.22. The van der Waals surface area contributed by atoms with E-state index in [4.69, 9.17) is 0 Å². The van der Waals surface area contributed by atoms with Crippen molar-refractivity contribution in [2.45, 2.75) is 12.6 Å². The van der Waals surface area contributed by atoms with Gasteiger partial charge in [-0.25, -0.2) is 9.78 Å². The fourth-order valence-corrected chi connectivity index (χ4v) is 2.53. The van der Waals surface area contributed by atoms with Crippen molar-refractivity contribution >= 4 is 22.8 Å². The van der Waals surface area contributed by atoms with E-state index in [-0.39, 0.29) is 17.9 Å². The first kappa shape index (κ1) is 17.2. The molecule has 132 valence electrons. The predicted octanol–water partition coefficient (Wildman–Crippen LogP) is 1.04. The maximum atomic E-state index is 12.4. The van der Waals surface area contributed by atoms with Crippen LogP contribution < -0.4 is 10.9 Å². The van der Waals surface area contributed by atoms with Crippen LogP contribution in [0.4, 0.5) is 0 Å². The Hall–Kier alpha value is -3.68. The van der Waals surface area contributed by atoms with Crippen molar-refractivity contribution in [1.82, 2.24) is 14.9 Å². The molecule has 0 spiro atoms. The number of para-hydroxylation sites is 1. The van der Waals surface area contributed by atoms with E-state index in [0.29, 0.717) is 16.5 Å². The second-order valence-corrected chi connectivity index (χ2v) is 5.63. The number of benzene rings is 2. The number of carboxylic acid groups (broad SMARTS) is 1. The van der Waals surface area contributed by atoms with Gasteiger partial charge < -0.3 is 15.5 Å². The van der Waals surface area contributed by atoms with Gasteiger partial charge in [0.1, 0.15) is 12.3 Å². The van der Waals surface area contributed by atoms with Crippen LogP contribution in [0.25, 0.3) is 10.9 Å². The van der Waals surface area contributed by atoms with Crippen LogP contribution in [-0.4, -0.2) is 31.6 Å². The average molecular weight is 353 g/mol. The van der Waals surface area contributed by atoms with Crippen molar-refractivity contribution < 1.29 is 19.8 Å². The van der Waals surface area contributed by atoms with Crippen LogP contribution in [0.1, 0.15) is 11.6 Å². The molecule has 0 aliphatic rings. The number of aromatic hydroxyl groups is 1. The molecule has 0 saturated heterocycles. The van der Waals surface area contributed by atoms with E-state index >= 15 is 0 Å². The first-order chi connectivity index (χ1) is 12.5.